The minimum atomic E-state index is -0.935. The smallest absolute Gasteiger partial charge is 0.336 e. The molecule has 1 fully saturated rings. The third-order valence-corrected chi connectivity index (χ3v) is 5.54. The second kappa shape index (κ2) is 7.10. The lowest BCUT2D eigenvalue weighted by molar-refractivity contribution is 0.0696. The third-order valence-electron chi connectivity index (χ3n) is 5.32. The molecular weight excluding hydrogens is 312 g/mol. The van der Waals surface area contributed by atoms with E-state index >= 15 is 0 Å². The standard InChI is InChI=1S/C18H27ClN2O2/c1-5-18(8-6-14(7-9-18)21(3)4)20-16-11-13(19)10-15(12(16)2)17(22)23/h10-11,14,20H,5-9H2,1-4H3,(H,22,23). The Hall–Kier alpha value is -1.26. The van der Waals surface area contributed by atoms with Crippen LogP contribution in [0.15, 0.2) is 12.1 Å². The minimum absolute atomic E-state index is 0.0255. The largest absolute Gasteiger partial charge is 0.478 e. The molecule has 2 rings (SSSR count). The van der Waals surface area contributed by atoms with Crippen molar-refractivity contribution in [2.45, 2.75) is 57.5 Å². The van der Waals surface area contributed by atoms with Gasteiger partial charge in [0.2, 0.25) is 0 Å². The highest BCUT2D eigenvalue weighted by molar-refractivity contribution is 6.31. The van der Waals surface area contributed by atoms with Crippen LogP contribution in [0, 0.1) is 6.92 Å². The van der Waals surface area contributed by atoms with E-state index in [2.05, 4.69) is 31.2 Å². The van der Waals surface area contributed by atoms with Crippen LogP contribution < -0.4 is 5.32 Å². The molecule has 0 heterocycles. The molecule has 0 radical (unpaired) electrons. The Kier molecular flexibility index (Phi) is 5.58. The van der Waals surface area contributed by atoms with Gasteiger partial charge >= 0.3 is 5.97 Å². The maximum absolute atomic E-state index is 11.4. The summed E-state index contributed by atoms with van der Waals surface area (Å²) in [6, 6.07) is 4.00. The molecule has 0 spiro atoms. The maximum atomic E-state index is 11.4. The number of halogens is 1. The van der Waals surface area contributed by atoms with E-state index in [0.29, 0.717) is 11.1 Å². The van der Waals surface area contributed by atoms with Crippen LogP contribution in [0.25, 0.3) is 0 Å². The number of rotatable bonds is 5. The molecule has 1 saturated carbocycles. The van der Waals surface area contributed by atoms with E-state index in [1.165, 1.54) is 6.07 Å². The lowest BCUT2D eigenvalue weighted by Gasteiger charge is -2.43. The predicted molar refractivity (Wildman–Crippen MR) is 95.7 cm³/mol. The van der Waals surface area contributed by atoms with Crippen molar-refractivity contribution < 1.29 is 9.90 Å². The fourth-order valence-electron chi connectivity index (χ4n) is 3.56. The SMILES string of the molecule is CCC1(Nc2cc(Cl)cc(C(=O)O)c2C)CCC(N(C)C)CC1. The Morgan fingerprint density at radius 2 is 2.00 bits per heavy atom. The van der Waals surface area contributed by atoms with Crippen molar-refractivity contribution >= 4 is 23.3 Å². The van der Waals surface area contributed by atoms with Gasteiger partial charge in [-0.25, -0.2) is 4.79 Å². The summed E-state index contributed by atoms with van der Waals surface area (Å²) >= 11 is 6.13. The van der Waals surface area contributed by atoms with E-state index < -0.39 is 5.97 Å². The average Bonchev–Trinajstić information content (AvgIpc) is 2.50. The van der Waals surface area contributed by atoms with Gasteiger partial charge in [0, 0.05) is 22.3 Å². The molecule has 1 aliphatic rings. The number of anilines is 1. The van der Waals surface area contributed by atoms with Gasteiger partial charge in [-0.1, -0.05) is 18.5 Å². The average molecular weight is 339 g/mol. The molecular formula is C18H27ClN2O2. The Balaban J connectivity index is 2.25. The molecule has 5 heteroatoms. The van der Waals surface area contributed by atoms with Crippen molar-refractivity contribution in [2.75, 3.05) is 19.4 Å². The monoisotopic (exact) mass is 338 g/mol. The second-order valence-corrected chi connectivity index (χ2v) is 7.32. The van der Waals surface area contributed by atoms with Crippen LogP contribution in [0.3, 0.4) is 0 Å². The van der Waals surface area contributed by atoms with Crippen LogP contribution in [-0.4, -0.2) is 41.7 Å². The molecule has 23 heavy (non-hydrogen) atoms. The molecule has 1 aliphatic carbocycles. The molecule has 0 atom stereocenters. The molecule has 0 saturated heterocycles. The maximum Gasteiger partial charge on any atom is 0.336 e. The van der Waals surface area contributed by atoms with Gasteiger partial charge in [0.1, 0.15) is 0 Å². The fraction of sp³-hybridized carbons (Fsp3) is 0.611. The zero-order valence-electron chi connectivity index (χ0n) is 14.4. The van der Waals surface area contributed by atoms with Crippen molar-refractivity contribution in [3.05, 3.63) is 28.3 Å². The summed E-state index contributed by atoms with van der Waals surface area (Å²) in [5, 5.41) is 13.4. The summed E-state index contributed by atoms with van der Waals surface area (Å²) in [5.41, 5.74) is 1.90. The number of aromatic carboxylic acids is 1. The molecule has 2 N–H and O–H groups in total. The minimum Gasteiger partial charge on any atom is -0.478 e. The molecule has 0 bridgehead atoms. The first-order valence-electron chi connectivity index (χ1n) is 8.26. The van der Waals surface area contributed by atoms with E-state index in [0.717, 1.165) is 43.4 Å². The number of hydrogen-bond acceptors (Lipinski definition) is 3. The van der Waals surface area contributed by atoms with Gasteiger partial charge in [-0.05, 0) is 70.8 Å². The van der Waals surface area contributed by atoms with Gasteiger partial charge < -0.3 is 15.3 Å². The summed E-state index contributed by atoms with van der Waals surface area (Å²) in [6.07, 6.45) is 5.49. The van der Waals surface area contributed by atoms with Crippen molar-refractivity contribution in [1.29, 1.82) is 0 Å². The Morgan fingerprint density at radius 3 is 2.48 bits per heavy atom. The predicted octanol–water partition coefficient (Wildman–Crippen LogP) is 4.41. The topological polar surface area (TPSA) is 52.6 Å². The number of nitrogens with one attached hydrogen (secondary N) is 1. The Morgan fingerprint density at radius 1 is 1.39 bits per heavy atom. The highest BCUT2D eigenvalue weighted by Gasteiger charge is 2.35. The first-order valence-corrected chi connectivity index (χ1v) is 8.64. The lowest BCUT2D eigenvalue weighted by Crippen LogP contribution is -2.45. The first-order chi connectivity index (χ1) is 10.8. The molecule has 0 unspecified atom stereocenters. The van der Waals surface area contributed by atoms with Crippen LogP contribution in [0.2, 0.25) is 5.02 Å². The number of hydrogen-bond donors (Lipinski definition) is 2. The first kappa shape index (κ1) is 18.1. The lowest BCUT2D eigenvalue weighted by atomic mass is 9.77. The second-order valence-electron chi connectivity index (χ2n) is 6.88. The van der Waals surface area contributed by atoms with Crippen LogP contribution >= 0.6 is 11.6 Å². The summed E-state index contributed by atoms with van der Waals surface area (Å²) in [4.78, 5) is 13.7. The van der Waals surface area contributed by atoms with Crippen molar-refractivity contribution in [3.63, 3.8) is 0 Å². The highest BCUT2D eigenvalue weighted by atomic mass is 35.5. The number of carboxylic acids is 1. The van der Waals surface area contributed by atoms with Gasteiger partial charge in [-0.2, -0.15) is 0 Å². The summed E-state index contributed by atoms with van der Waals surface area (Å²) in [6.45, 7) is 4.04. The third kappa shape index (κ3) is 3.99. The van der Waals surface area contributed by atoms with Crippen molar-refractivity contribution in [1.82, 2.24) is 4.90 Å². The van der Waals surface area contributed by atoms with Crippen molar-refractivity contribution in [3.8, 4) is 0 Å². The summed E-state index contributed by atoms with van der Waals surface area (Å²) in [7, 11) is 4.27. The van der Waals surface area contributed by atoms with E-state index in [1.54, 1.807) is 0 Å². The molecule has 1 aromatic carbocycles. The fourth-order valence-corrected chi connectivity index (χ4v) is 3.77. The highest BCUT2D eigenvalue weighted by Crippen LogP contribution is 2.37. The molecule has 1 aromatic rings. The number of carboxylic acid groups (broad SMARTS) is 1. The van der Waals surface area contributed by atoms with Gasteiger partial charge in [0.25, 0.3) is 0 Å². The van der Waals surface area contributed by atoms with Crippen LogP contribution in [0.4, 0.5) is 5.69 Å². The van der Waals surface area contributed by atoms with E-state index in [-0.39, 0.29) is 11.1 Å². The Bertz CT molecular complexity index is 579. The number of benzene rings is 1. The normalized spacial score (nSPS) is 24.7. The summed E-state index contributed by atoms with van der Waals surface area (Å²) in [5.74, 6) is -0.935. The molecule has 0 amide bonds. The van der Waals surface area contributed by atoms with Gasteiger partial charge in [0.05, 0.1) is 5.56 Å². The number of nitrogens with zero attached hydrogens (tertiary/aromatic N) is 1. The van der Waals surface area contributed by atoms with Crippen LogP contribution in [0.5, 0.6) is 0 Å². The molecule has 4 nitrogen and oxygen atoms in total. The van der Waals surface area contributed by atoms with Gasteiger partial charge in [0.15, 0.2) is 0 Å². The van der Waals surface area contributed by atoms with E-state index in [1.807, 2.05) is 13.0 Å². The van der Waals surface area contributed by atoms with E-state index in [4.69, 9.17) is 11.6 Å². The summed E-state index contributed by atoms with van der Waals surface area (Å²) < 4.78 is 0. The van der Waals surface area contributed by atoms with Crippen LogP contribution in [-0.2, 0) is 0 Å². The zero-order chi connectivity index (χ0) is 17.2. The Labute approximate surface area is 143 Å². The van der Waals surface area contributed by atoms with Gasteiger partial charge in [-0.3, -0.25) is 0 Å². The van der Waals surface area contributed by atoms with Gasteiger partial charge in [-0.15, -0.1) is 0 Å². The molecule has 128 valence electrons. The van der Waals surface area contributed by atoms with Crippen molar-refractivity contribution in [2.24, 2.45) is 0 Å². The quantitative estimate of drug-likeness (QED) is 0.834. The van der Waals surface area contributed by atoms with E-state index in [9.17, 15) is 9.90 Å². The molecule has 0 aromatic heterocycles. The van der Waals surface area contributed by atoms with Crippen LogP contribution in [0.1, 0.15) is 54.9 Å². The molecule has 0 aliphatic heterocycles. The number of carbonyl (C=O) groups is 1. The zero-order valence-corrected chi connectivity index (χ0v) is 15.2.